The highest BCUT2D eigenvalue weighted by atomic mass is 16.5. The van der Waals surface area contributed by atoms with Crippen LogP contribution in [0.4, 0.5) is 0 Å². The van der Waals surface area contributed by atoms with Crippen molar-refractivity contribution >= 4 is 5.91 Å². The number of hydrogen-bond donors (Lipinski definition) is 1. The maximum Gasteiger partial charge on any atom is 0.258 e. The number of likely N-dealkylation sites (tertiary alicyclic amines) is 1. The van der Waals surface area contributed by atoms with Gasteiger partial charge < -0.3 is 15.0 Å². The lowest BCUT2D eigenvalue weighted by atomic mass is 9.88. The second kappa shape index (κ2) is 10.1. The van der Waals surface area contributed by atoms with E-state index >= 15 is 0 Å². The lowest BCUT2D eigenvalue weighted by Gasteiger charge is -2.35. The lowest BCUT2D eigenvalue weighted by molar-refractivity contribution is -0.124. The van der Waals surface area contributed by atoms with Crippen molar-refractivity contribution in [3.05, 3.63) is 29.8 Å². The highest BCUT2D eigenvalue weighted by Crippen LogP contribution is 2.25. The molecule has 1 aromatic rings. The Kier molecular flexibility index (Phi) is 7.57. The molecule has 1 amide bonds. The second-order valence-corrected chi connectivity index (χ2v) is 8.66. The van der Waals surface area contributed by atoms with E-state index in [0.717, 1.165) is 37.6 Å². The molecular formula is C23H36N2O2. The molecule has 1 aromatic carbocycles. The summed E-state index contributed by atoms with van der Waals surface area (Å²) in [7, 11) is 0. The summed E-state index contributed by atoms with van der Waals surface area (Å²) in [5.41, 5.74) is 1.28. The summed E-state index contributed by atoms with van der Waals surface area (Å²) in [6, 6.07) is 8.34. The summed E-state index contributed by atoms with van der Waals surface area (Å²) in [6.07, 6.45) is 9.19. The smallest absolute Gasteiger partial charge is 0.258 e. The molecule has 2 aliphatic rings. The average Bonchev–Trinajstić information content (AvgIpc) is 2.69. The van der Waals surface area contributed by atoms with E-state index in [9.17, 15) is 4.79 Å². The summed E-state index contributed by atoms with van der Waals surface area (Å²) in [5, 5.41) is 3.15. The highest BCUT2D eigenvalue weighted by molar-refractivity contribution is 5.77. The molecule has 4 heteroatoms. The molecule has 0 atom stereocenters. The van der Waals surface area contributed by atoms with Crippen molar-refractivity contribution < 1.29 is 9.53 Å². The normalized spacial score (nSPS) is 20.0. The van der Waals surface area contributed by atoms with E-state index in [1.165, 1.54) is 44.2 Å². The molecule has 2 fully saturated rings. The molecule has 150 valence electrons. The number of carbonyl (C=O) groups excluding carboxylic acids is 1. The van der Waals surface area contributed by atoms with Crippen LogP contribution >= 0.6 is 0 Å². The minimum absolute atomic E-state index is 0.00586. The minimum Gasteiger partial charge on any atom is -0.484 e. The van der Waals surface area contributed by atoms with E-state index in [0.29, 0.717) is 12.0 Å². The van der Waals surface area contributed by atoms with Crippen molar-refractivity contribution in [2.24, 2.45) is 5.92 Å². The summed E-state index contributed by atoms with van der Waals surface area (Å²) in [6.45, 7) is 7.92. The molecule has 1 saturated carbocycles. The SMILES string of the molecule is CC(C)c1ccc(OCC(=O)NC2CCN(CC3CCCCC3)CC2)cc1. The van der Waals surface area contributed by atoms with E-state index in [1.807, 2.05) is 12.1 Å². The zero-order chi connectivity index (χ0) is 19.1. The van der Waals surface area contributed by atoms with Gasteiger partial charge in [-0.2, -0.15) is 0 Å². The average molecular weight is 373 g/mol. The Morgan fingerprint density at radius 2 is 1.74 bits per heavy atom. The fourth-order valence-corrected chi connectivity index (χ4v) is 4.36. The molecule has 0 aromatic heterocycles. The number of hydrogen-bond acceptors (Lipinski definition) is 3. The molecule has 1 N–H and O–H groups in total. The maximum absolute atomic E-state index is 12.2. The van der Waals surface area contributed by atoms with Gasteiger partial charge in [0, 0.05) is 25.7 Å². The fraction of sp³-hybridized carbons (Fsp3) is 0.696. The summed E-state index contributed by atoms with van der Waals surface area (Å²) in [4.78, 5) is 14.8. The molecule has 0 radical (unpaired) electrons. The number of ether oxygens (including phenoxy) is 1. The van der Waals surface area contributed by atoms with Crippen molar-refractivity contribution in [1.82, 2.24) is 10.2 Å². The van der Waals surface area contributed by atoms with Crippen LogP contribution in [0.25, 0.3) is 0 Å². The van der Waals surface area contributed by atoms with Gasteiger partial charge in [-0.25, -0.2) is 0 Å². The first kappa shape index (κ1) is 20.2. The molecule has 4 nitrogen and oxygen atoms in total. The number of nitrogens with one attached hydrogen (secondary N) is 1. The molecule has 3 rings (SSSR count). The van der Waals surface area contributed by atoms with Crippen molar-refractivity contribution in [2.45, 2.75) is 70.8 Å². The van der Waals surface area contributed by atoms with Crippen molar-refractivity contribution in [1.29, 1.82) is 0 Å². The van der Waals surface area contributed by atoms with Gasteiger partial charge in [0.1, 0.15) is 5.75 Å². The van der Waals surface area contributed by atoms with E-state index < -0.39 is 0 Å². The molecule has 1 aliphatic carbocycles. The number of piperidine rings is 1. The molecule has 0 unspecified atom stereocenters. The topological polar surface area (TPSA) is 41.6 Å². The molecule has 1 heterocycles. The van der Waals surface area contributed by atoms with E-state index in [1.54, 1.807) is 0 Å². The maximum atomic E-state index is 12.2. The van der Waals surface area contributed by atoms with Gasteiger partial charge in [0.25, 0.3) is 5.91 Å². The van der Waals surface area contributed by atoms with Crippen molar-refractivity contribution in [3.63, 3.8) is 0 Å². The summed E-state index contributed by atoms with van der Waals surface area (Å²) >= 11 is 0. The van der Waals surface area contributed by atoms with E-state index in [2.05, 4.69) is 36.2 Å². The third-order valence-corrected chi connectivity index (χ3v) is 6.11. The third-order valence-electron chi connectivity index (χ3n) is 6.11. The van der Waals surface area contributed by atoms with E-state index in [-0.39, 0.29) is 12.5 Å². The monoisotopic (exact) mass is 372 g/mol. The van der Waals surface area contributed by atoms with Gasteiger partial charge in [0.05, 0.1) is 0 Å². The molecule has 0 spiro atoms. The first-order chi connectivity index (χ1) is 13.1. The van der Waals surface area contributed by atoms with Gasteiger partial charge in [0.15, 0.2) is 6.61 Å². The van der Waals surface area contributed by atoms with E-state index in [4.69, 9.17) is 4.74 Å². The molecule has 27 heavy (non-hydrogen) atoms. The third kappa shape index (κ3) is 6.53. The summed E-state index contributed by atoms with van der Waals surface area (Å²) in [5.74, 6) is 2.16. The van der Waals surface area contributed by atoms with Gasteiger partial charge in [-0.1, -0.05) is 45.2 Å². The van der Waals surface area contributed by atoms with Crippen LogP contribution < -0.4 is 10.1 Å². The Balaban J connectivity index is 1.33. The quantitative estimate of drug-likeness (QED) is 0.774. The van der Waals surface area contributed by atoms with Gasteiger partial charge >= 0.3 is 0 Å². The Hall–Kier alpha value is -1.55. The van der Waals surface area contributed by atoms with Crippen molar-refractivity contribution in [2.75, 3.05) is 26.2 Å². The van der Waals surface area contributed by atoms with Crippen LogP contribution in [0.1, 0.15) is 70.3 Å². The number of carbonyl (C=O) groups is 1. The fourth-order valence-electron chi connectivity index (χ4n) is 4.36. The van der Waals surface area contributed by atoms with Crippen LogP contribution in [0.3, 0.4) is 0 Å². The zero-order valence-electron chi connectivity index (χ0n) is 17.1. The van der Waals surface area contributed by atoms with Crippen LogP contribution in [0, 0.1) is 5.92 Å². The second-order valence-electron chi connectivity index (χ2n) is 8.66. The van der Waals surface area contributed by atoms with Crippen LogP contribution in [0.2, 0.25) is 0 Å². The number of nitrogens with zero attached hydrogens (tertiary/aromatic N) is 1. The zero-order valence-corrected chi connectivity index (χ0v) is 17.1. The van der Waals surface area contributed by atoms with Crippen LogP contribution in [0.5, 0.6) is 5.75 Å². The first-order valence-corrected chi connectivity index (χ1v) is 10.8. The van der Waals surface area contributed by atoms with Crippen LogP contribution in [-0.4, -0.2) is 43.1 Å². The Morgan fingerprint density at radius 3 is 2.37 bits per heavy atom. The molecule has 1 saturated heterocycles. The molecule has 0 bridgehead atoms. The van der Waals surface area contributed by atoms with Gasteiger partial charge in [-0.05, 0) is 55.2 Å². The summed E-state index contributed by atoms with van der Waals surface area (Å²) < 4.78 is 5.64. The molecule has 1 aliphatic heterocycles. The van der Waals surface area contributed by atoms with Gasteiger partial charge in [-0.15, -0.1) is 0 Å². The Morgan fingerprint density at radius 1 is 1.07 bits per heavy atom. The van der Waals surface area contributed by atoms with Gasteiger partial charge in [0.2, 0.25) is 0 Å². The standard InChI is InChI=1S/C23H36N2O2/c1-18(2)20-8-10-22(11-9-20)27-17-23(26)24-21-12-14-25(15-13-21)16-19-6-4-3-5-7-19/h8-11,18-19,21H,3-7,12-17H2,1-2H3,(H,24,26). The highest BCUT2D eigenvalue weighted by Gasteiger charge is 2.23. The minimum atomic E-state index is -0.00586. The van der Waals surface area contributed by atoms with Crippen LogP contribution in [-0.2, 0) is 4.79 Å². The largest absolute Gasteiger partial charge is 0.484 e. The predicted molar refractivity (Wildman–Crippen MR) is 110 cm³/mol. The Labute approximate surface area is 164 Å². The van der Waals surface area contributed by atoms with Crippen LogP contribution in [0.15, 0.2) is 24.3 Å². The predicted octanol–water partition coefficient (Wildman–Crippen LogP) is 4.35. The number of rotatable bonds is 7. The van der Waals surface area contributed by atoms with Crippen molar-refractivity contribution in [3.8, 4) is 5.75 Å². The number of amides is 1. The lowest BCUT2D eigenvalue weighted by Crippen LogP contribution is -2.47. The Bertz CT molecular complexity index is 571. The molecular weight excluding hydrogens is 336 g/mol. The number of benzene rings is 1. The first-order valence-electron chi connectivity index (χ1n) is 10.8. The van der Waals surface area contributed by atoms with Gasteiger partial charge in [-0.3, -0.25) is 4.79 Å².